The molecule has 1 heterocycles. The van der Waals surface area contributed by atoms with E-state index in [1.165, 1.54) is 16.8 Å². The van der Waals surface area contributed by atoms with Gasteiger partial charge in [-0.2, -0.15) is 0 Å². The minimum absolute atomic E-state index is 0.255. The second-order valence-corrected chi connectivity index (χ2v) is 7.30. The molecule has 7 nitrogen and oxygen atoms in total. The van der Waals surface area contributed by atoms with Crippen molar-refractivity contribution in [3.8, 4) is 11.5 Å². The van der Waals surface area contributed by atoms with Gasteiger partial charge in [-0.25, -0.2) is 9.07 Å². The Morgan fingerprint density at radius 2 is 1.75 bits per heavy atom. The fourth-order valence-corrected chi connectivity index (χ4v) is 3.31. The van der Waals surface area contributed by atoms with E-state index in [0.717, 1.165) is 11.3 Å². The lowest BCUT2D eigenvalue weighted by Gasteiger charge is -2.18. The van der Waals surface area contributed by atoms with Crippen LogP contribution in [0.4, 0.5) is 4.39 Å². The van der Waals surface area contributed by atoms with Crippen molar-refractivity contribution in [2.75, 3.05) is 0 Å². The highest BCUT2D eigenvalue weighted by Gasteiger charge is 2.24. The lowest BCUT2D eigenvalue weighted by atomic mass is 10.0. The van der Waals surface area contributed by atoms with Gasteiger partial charge in [0.05, 0.1) is 0 Å². The van der Waals surface area contributed by atoms with Crippen molar-refractivity contribution in [2.24, 2.45) is 0 Å². The summed E-state index contributed by atoms with van der Waals surface area (Å²) >= 11 is 0. The van der Waals surface area contributed by atoms with Crippen molar-refractivity contribution in [3.63, 3.8) is 0 Å². The maximum Gasteiger partial charge on any atom is 0.245 e. The van der Waals surface area contributed by atoms with Gasteiger partial charge < -0.3 is 10.1 Å². The number of carbonyl (C=O) groups excluding carboxylic acids is 1. The van der Waals surface area contributed by atoms with Crippen LogP contribution >= 0.6 is 0 Å². The second kappa shape index (κ2) is 9.82. The van der Waals surface area contributed by atoms with Gasteiger partial charge in [0.25, 0.3) is 0 Å². The Morgan fingerprint density at radius 1 is 1.00 bits per heavy atom. The Balaban J connectivity index is 1.42. The Hall–Kier alpha value is -4.07. The number of hydrogen-bond donors (Lipinski definition) is 1. The Labute approximate surface area is 184 Å². The van der Waals surface area contributed by atoms with Gasteiger partial charge in [-0.3, -0.25) is 4.79 Å². The number of tetrazole rings is 1. The molecule has 4 aromatic rings. The number of para-hydroxylation sites is 1. The largest absolute Gasteiger partial charge is 0.457 e. The van der Waals surface area contributed by atoms with E-state index < -0.39 is 6.04 Å². The van der Waals surface area contributed by atoms with Crippen molar-refractivity contribution < 1.29 is 13.9 Å². The molecule has 162 valence electrons. The fraction of sp³-hybridized carbons (Fsp3) is 0.167. The van der Waals surface area contributed by atoms with E-state index in [4.69, 9.17) is 4.74 Å². The molecule has 1 unspecified atom stereocenters. The summed E-state index contributed by atoms with van der Waals surface area (Å²) in [4.78, 5) is 13.0. The van der Waals surface area contributed by atoms with Gasteiger partial charge in [0.15, 0.2) is 0 Å². The van der Waals surface area contributed by atoms with Crippen molar-refractivity contribution in [3.05, 3.63) is 102 Å². The van der Waals surface area contributed by atoms with Crippen LogP contribution in [0.25, 0.3) is 0 Å². The summed E-state index contributed by atoms with van der Waals surface area (Å²) in [5.41, 5.74) is 1.60. The Bertz CT molecular complexity index is 1180. The van der Waals surface area contributed by atoms with E-state index in [1.807, 2.05) is 54.6 Å². The van der Waals surface area contributed by atoms with E-state index in [-0.39, 0.29) is 18.1 Å². The number of ether oxygens (including phenoxy) is 1. The molecule has 32 heavy (non-hydrogen) atoms. The maximum atomic E-state index is 13.6. The number of hydrogen-bond acceptors (Lipinski definition) is 5. The molecule has 0 saturated carbocycles. The summed E-state index contributed by atoms with van der Waals surface area (Å²) in [7, 11) is 0. The number of benzene rings is 3. The number of amides is 1. The number of nitrogens with one attached hydrogen (secondary N) is 1. The highest BCUT2D eigenvalue weighted by Crippen LogP contribution is 2.21. The number of aryl methyl sites for hydroxylation is 1. The van der Waals surface area contributed by atoms with E-state index in [2.05, 4.69) is 20.8 Å². The maximum absolute atomic E-state index is 13.6. The van der Waals surface area contributed by atoms with Crippen LogP contribution in [0, 0.1) is 12.7 Å². The zero-order valence-corrected chi connectivity index (χ0v) is 17.5. The third kappa shape index (κ3) is 5.34. The van der Waals surface area contributed by atoms with Gasteiger partial charge in [0, 0.05) is 13.0 Å². The minimum atomic E-state index is -0.701. The lowest BCUT2D eigenvalue weighted by Crippen LogP contribution is -2.34. The van der Waals surface area contributed by atoms with Gasteiger partial charge >= 0.3 is 0 Å². The monoisotopic (exact) mass is 431 g/mol. The first-order valence-electron chi connectivity index (χ1n) is 10.2. The van der Waals surface area contributed by atoms with Crippen LogP contribution < -0.4 is 10.1 Å². The second-order valence-electron chi connectivity index (χ2n) is 7.30. The standard InChI is InChI=1S/C24H22FN5O2/c1-17-27-28-29-30(17)23(15-19-6-5-7-20(25)14-19)24(31)26-16-18-10-12-22(13-11-18)32-21-8-3-2-4-9-21/h2-14,23H,15-16H2,1H3,(H,26,31). The van der Waals surface area contributed by atoms with Crippen LogP contribution in [-0.2, 0) is 17.8 Å². The average molecular weight is 431 g/mol. The number of nitrogens with zero attached hydrogens (tertiary/aromatic N) is 4. The molecule has 1 N–H and O–H groups in total. The highest BCUT2D eigenvalue weighted by atomic mass is 19.1. The predicted molar refractivity (Wildman–Crippen MR) is 116 cm³/mol. The molecule has 0 aliphatic heterocycles. The highest BCUT2D eigenvalue weighted by molar-refractivity contribution is 5.80. The Kier molecular flexibility index (Phi) is 6.50. The molecule has 0 aliphatic rings. The van der Waals surface area contributed by atoms with E-state index >= 15 is 0 Å². The molecule has 0 radical (unpaired) electrons. The van der Waals surface area contributed by atoms with Crippen LogP contribution in [0.2, 0.25) is 0 Å². The molecule has 4 rings (SSSR count). The van der Waals surface area contributed by atoms with Crippen LogP contribution in [-0.4, -0.2) is 26.1 Å². The van der Waals surface area contributed by atoms with Crippen LogP contribution in [0.15, 0.2) is 78.9 Å². The topological polar surface area (TPSA) is 81.9 Å². The summed E-state index contributed by atoms with van der Waals surface area (Å²) < 4.78 is 20.9. The van der Waals surface area contributed by atoms with Crippen LogP contribution in [0.3, 0.4) is 0 Å². The zero-order valence-electron chi connectivity index (χ0n) is 17.5. The van der Waals surface area contributed by atoms with Gasteiger partial charge in [-0.1, -0.05) is 42.5 Å². The molecule has 0 saturated heterocycles. The third-order valence-electron chi connectivity index (χ3n) is 4.94. The third-order valence-corrected chi connectivity index (χ3v) is 4.94. The zero-order chi connectivity index (χ0) is 22.3. The van der Waals surface area contributed by atoms with E-state index in [1.54, 1.807) is 19.1 Å². The summed E-state index contributed by atoms with van der Waals surface area (Å²) in [5, 5.41) is 14.4. The molecule has 3 aromatic carbocycles. The van der Waals surface area contributed by atoms with Crippen molar-refractivity contribution >= 4 is 5.91 Å². The summed E-state index contributed by atoms with van der Waals surface area (Å²) in [5.74, 6) is 1.36. The van der Waals surface area contributed by atoms with Gasteiger partial charge in [-0.15, -0.1) is 5.10 Å². The average Bonchev–Trinajstić information content (AvgIpc) is 3.23. The molecular weight excluding hydrogens is 409 g/mol. The first-order chi connectivity index (χ1) is 15.6. The number of carbonyl (C=O) groups is 1. The predicted octanol–water partition coefficient (Wildman–Crippen LogP) is 4.01. The van der Waals surface area contributed by atoms with Crippen LogP contribution in [0.1, 0.15) is 23.0 Å². The molecule has 0 fully saturated rings. The van der Waals surface area contributed by atoms with Crippen LogP contribution in [0.5, 0.6) is 11.5 Å². The smallest absolute Gasteiger partial charge is 0.245 e. The van der Waals surface area contributed by atoms with E-state index in [9.17, 15) is 9.18 Å². The Morgan fingerprint density at radius 3 is 2.44 bits per heavy atom. The van der Waals surface area contributed by atoms with Gasteiger partial charge in [0.2, 0.25) is 5.91 Å². The van der Waals surface area contributed by atoms with Gasteiger partial charge in [0.1, 0.15) is 29.2 Å². The summed E-state index contributed by atoms with van der Waals surface area (Å²) in [6, 6.07) is 22.5. The number of halogens is 1. The molecule has 1 atom stereocenters. The van der Waals surface area contributed by atoms with E-state index in [0.29, 0.717) is 23.7 Å². The minimum Gasteiger partial charge on any atom is -0.457 e. The van der Waals surface area contributed by atoms with Crippen molar-refractivity contribution in [2.45, 2.75) is 25.9 Å². The SMILES string of the molecule is Cc1nnnn1C(Cc1cccc(F)c1)C(=O)NCc1ccc(Oc2ccccc2)cc1. The fourth-order valence-electron chi connectivity index (χ4n) is 3.31. The molecule has 8 heteroatoms. The number of rotatable bonds is 8. The number of aromatic nitrogens is 4. The molecule has 0 spiro atoms. The molecule has 0 aliphatic carbocycles. The molecule has 1 aromatic heterocycles. The first kappa shape index (κ1) is 21.2. The molecular formula is C24H22FN5O2. The van der Waals surface area contributed by atoms with Crippen molar-refractivity contribution in [1.82, 2.24) is 25.5 Å². The summed E-state index contributed by atoms with van der Waals surface area (Å²) in [6.07, 6.45) is 0.263. The molecule has 0 bridgehead atoms. The van der Waals surface area contributed by atoms with Crippen molar-refractivity contribution in [1.29, 1.82) is 0 Å². The summed E-state index contributed by atoms with van der Waals surface area (Å²) in [6.45, 7) is 2.04. The normalized spacial score (nSPS) is 11.7. The first-order valence-corrected chi connectivity index (χ1v) is 10.2. The lowest BCUT2D eigenvalue weighted by molar-refractivity contribution is -0.124. The quantitative estimate of drug-likeness (QED) is 0.456. The molecule has 1 amide bonds. The van der Waals surface area contributed by atoms with Gasteiger partial charge in [-0.05, 0) is 64.9 Å².